The Balaban J connectivity index is 0.000000140. The van der Waals surface area contributed by atoms with Crippen molar-refractivity contribution in [3.63, 3.8) is 0 Å². The number of piperazine rings is 2. The van der Waals surface area contributed by atoms with E-state index in [1.807, 2.05) is 221 Å². The van der Waals surface area contributed by atoms with Crippen molar-refractivity contribution in [1.82, 2.24) is 79.1 Å². The molecule has 9 amide bonds. The van der Waals surface area contributed by atoms with Gasteiger partial charge >= 0.3 is 24.1 Å². The van der Waals surface area contributed by atoms with Crippen LogP contribution in [0.3, 0.4) is 0 Å². The molecule has 12 aromatic rings. The highest BCUT2D eigenvalue weighted by Gasteiger charge is 2.33. The van der Waals surface area contributed by atoms with Gasteiger partial charge in [0.1, 0.15) is 59.8 Å². The van der Waals surface area contributed by atoms with Gasteiger partial charge in [-0.15, -0.1) is 0 Å². The summed E-state index contributed by atoms with van der Waals surface area (Å²) < 4.78 is 34.8. The maximum atomic E-state index is 12.9. The number of nitrogens with zero attached hydrogens (tertiary/aromatic N) is 18. The second-order valence-corrected chi connectivity index (χ2v) is 40.5. The van der Waals surface area contributed by atoms with Crippen LogP contribution in [-0.4, -0.2) is 299 Å². The highest BCUT2D eigenvalue weighted by Crippen LogP contribution is 2.40. The van der Waals surface area contributed by atoms with Crippen LogP contribution < -0.4 is 59.5 Å². The van der Waals surface area contributed by atoms with Gasteiger partial charge in [0.25, 0.3) is 0 Å². The first kappa shape index (κ1) is 106. The topological polar surface area (TPSA) is 324 Å². The fourth-order valence-electron chi connectivity index (χ4n) is 20.0. The number of benzene rings is 8. The minimum Gasteiger partial charge on any atom is -0.494 e. The molecule has 33 nitrogen and oxygen atoms in total. The number of ether oxygens (including phenoxy) is 6. The first-order chi connectivity index (χ1) is 71.3. The molecule has 147 heavy (non-hydrogen) atoms. The van der Waals surface area contributed by atoms with Gasteiger partial charge in [-0.1, -0.05) is 0 Å². The molecule has 7 saturated heterocycles. The summed E-state index contributed by atoms with van der Waals surface area (Å²) in [5, 5.41) is 16.3. The van der Waals surface area contributed by atoms with Gasteiger partial charge in [-0.25, -0.2) is 59.0 Å². The Morgan fingerprint density at radius 1 is 0.340 bits per heavy atom. The standard InChI is InChI=1S/C31H42N6O3.C30H37N5O4.C28H36N6O2.C25H31N5O2/c1-23(2)40-26-7-5-25(6-8-26)34-31(38)37-14-11-24(12-15-37)30-28-10-9-27(21-29(28)32-22-33-30)39-20-4-13-36-18-16-35(3)17-19-36;1-21(2)39-24-8-6-23(7-9-24)33-30(37)35-16-12-22(13-17-35)29-26-19-25(10-11-27(26)31-20-32-29)38-18-4-15-34-14-3-5-28(34)36;1-20(2)36-24-7-4-22(5-8-24)31-28(35)34-12-10-21(11-13-34)27-25-9-6-23(18-26(25)29-19-30-27)33-16-14-32(3)15-17-33;1-17(2)32-21-8-5-19(6-9-21)28-25(31)30-13-11-18(12-14-30)24-22-10-7-20(29(3)4)15-23(22)26-16-27-24/h5-10,21-24H,4,11-20H2,1-3H3,(H,34,38);6-11,19-22H,3-5,12-18H2,1-2H3,(H,33,37);4-9,18-21H,10-17H2,1-3H3,(H,31,35);5-10,15-18H,11-14H2,1-4H3,(H,28,31). The minimum atomic E-state index is -0.0927. The Morgan fingerprint density at radius 2 is 0.667 bits per heavy atom. The molecule has 33 heteroatoms. The molecule has 19 rings (SSSR count). The van der Waals surface area contributed by atoms with Crippen molar-refractivity contribution in [3.05, 3.63) is 218 Å². The Labute approximate surface area is 864 Å². The minimum absolute atomic E-state index is 0.0599. The van der Waals surface area contributed by atoms with E-state index >= 15 is 0 Å². The predicted octanol–water partition coefficient (Wildman–Crippen LogP) is 19.5. The highest BCUT2D eigenvalue weighted by atomic mass is 16.5. The number of hydrogen-bond donors (Lipinski definition) is 4. The van der Waals surface area contributed by atoms with Crippen LogP contribution in [-0.2, 0) is 4.79 Å². The van der Waals surface area contributed by atoms with Gasteiger partial charge in [-0.2, -0.15) is 0 Å². The highest BCUT2D eigenvalue weighted by molar-refractivity contribution is 5.93. The maximum Gasteiger partial charge on any atom is 0.321 e. The van der Waals surface area contributed by atoms with E-state index in [1.54, 1.807) is 25.3 Å². The van der Waals surface area contributed by atoms with Gasteiger partial charge in [-0.05, 0) is 304 Å². The van der Waals surface area contributed by atoms with Crippen molar-refractivity contribution >= 4 is 108 Å². The first-order valence-electron chi connectivity index (χ1n) is 52.6. The second kappa shape index (κ2) is 51.3. The van der Waals surface area contributed by atoms with E-state index in [-0.39, 0.29) is 66.3 Å². The number of fused-ring (bicyclic) bond motifs is 4. The van der Waals surface area contributed by atoms with Crippen LogP contribution in [0.5, 0.6) is 34.5 Å². The van der Waals surface area contributed by atoms with Crippen molar-refractivity contribution in [2.75, 3.05) is 197 Å². The number of aromatic nitrogens is 8. The normalized spacial score (nSPS) is 16.5. The van der Waals surface area contributed by atoms with Crippen molar-refractivity contribution in [1.29, 1.82) is 0 Å². The number of rotatable bonds is 28. The van der Waals surface area contributed by atoms with Gasteiger partial charge in [0, 0.05) is 230 Å². The summed E-state index contributed by atoms with van der Waals surface area (Å²) in [6.45, 7) is 34.1. The molecule has 0 aliphatic carbocycles. The molecule has 0 unspecified atom stereocenters. The zero-order valence-electron chi connectivity index (χ0n) is 87.5. The lowest BCUT2D eigenvalue weighted by atomic mass is 9.91. The number of piperidine rings is 4. The molecule has 11 heterocycles. The smallest absolute Gasteiger partial charge is 0.321 e. The van der Waals surface area contributed by atoms with Gasteiger partial charge < -0.3 is 98.7 Å². The van der Waals surface area contributed by atoms with Crippen molar-refractivity contribution in [3.8, 4) is 34.5 Å². The van der Waals surface area contributed by atoms with Gasteiger partial charge in [0.2, 0.25) is 5.91 Å². The monoisotopic (exact) mass is 2000 g/mol. The van der Waals surface area contributed by atoms with E-state index < -0.39 is 0 Å². The van der Waals surface area contributed by atoms with E-state index in [4.69, 9.17) is 28.4 Å². The van der Waals surface area contributed by atoms with Crippen molar-refractivity contribution < 1.29 is 52.4 Å². The van der Waals surface area contributed by atoms with Crippen LogP contribution in [0.2, 0.25) is 0 Å². The van der Waals surface area contributed by atoms with Crippen molar-refractivity contribution in [2.45, 2.75) is 181 Å². The van der Waals surface area contributed by atoms with Crippen LogP contribution in [0.4, 0.5) is 53.3 Å². The zero-order valence-corrected chi connectivity index (χ0v) is 87.5. The molecule has 7 aliphatic rings. The van der Waals surface area contributed by atoms with Gasteiger partial charge in [0.05, 0.1) is 82.5 Å². The molecular weight excluding hydrogens is 1850 g/mol. The first-order valence-corrected chi connectivity index (χ1v) is 52.6. The summed E-state index contributed by atoms with van der Waals surface area (Å²) in [6.07, 6.45) is 17.5. The van der Waals surface area contributed by atoms with E-state index in [0.29, 0.717) is 83.8 Å². The van der Waals surface area contributed by atoms with E-state index in [2.05, 4.69) is 142 Å². The number of urea groups is 4. The van der Waals surface area contributed by atoms with Gasteiger partial charge in [-0.3, -0.25) is 4.79 Å². The molecule has 0 radical (unpaired) electrons. The molecule has 0 saturated carbocycles. The summed E-state index contributed by atoms with van der Waals surface area (Å²) in [7, 11) is 8.41. The fourth-order valence-corrected chi connectivity index (χ4v) is 20.0. The molecule has 0 spiro atoms. The second-order valence-electron chi connectivity index (χ2n) is 40.5. The lowest BCUT2D eigenvalue weighted by molar-refractivity contribution is -0.127. The third-order valence-corrected chi connectivity index (χ3v) is 28.0. The fraction of sp³-hybridized carbons (Fsp3) is 0.465. The van der Waals surface area contributed by atoms with Gasteiger partial charge in [0.15, 0.2) is 0 Å². The summed E-state index contributed by atoms with van der Waals surface area (Å²) in [6, 6.07) is 54.7. The van der Waals surface area contributed by atoms with Crippen LogP contribution in [0.1, 0.15) is 179 Å². The van der Waals surface area contributed by atoms with E-state index in [9.17, 15) is 24.0 Å². The molecule has 0 atom stereocenters. The number of anilines is 6. The van der Waals surface area contributed by atoms with E-state index in [0.717, 1.165) is 272 Å². The number of hydrogen-bond acceptors (Lipinski definition) is 24. The summed E-state index contributed by atoms with van der Waals surface area (Å²) in [4.78, 5) is 121. The number of amides is 9. The Bertz CT molecular complexity index is 6320. The van der Waals surface area contributed by atoms with Crippen LogP contribution in [0, 0.1) is 0 Å². The van der Waals surface area contributed by atoms with Crippen LogP contribution in [0.15, 0.2) is 195 Å². The lowest BCUT2D eigenvalue weighted by Gasteiger charge is -2.34. The molecule has 778 valence electrons. The largest absolute Gasteiger partial charge is 0.494 e. The molecule has 4 aromatic heterocycles. The van der Waals surface area contributed by atoms with Crippen LogP contribution >= 0.6 is 0 Å². The van der Waals surface area contributed by atoms with Crippen molar-refractivity contribution in [2.24, 2.45) is 0 Å². The Morgan fingerprint density at radius 3 is 1.04 bits per heavy atom. The third kappa shape index (κ3) is 29.7. The van der Waals surface area contributed by atoms with E-state index in [1.165, 1.54) is 5.69 Å². The zero-order chi connectivity index (χ0) is 103. The quantitative estimate of drug-likeness (QED) is 0.0331. The number of carbonyl (C=O) groups is 5. The third-order valence-electron chi connectivity index (χ3n) is 28.0. The number of carbonyl (C=O) groups excluding carboxylic acids is 5. The molecule has 4 N–H and O–H groups in total. The average Bonchev–Trinajstić information content (AvgIpc) is 0.975. The molecule has 7 aliphatic heterocycles. The predicted molar refractivity (Wildman–Crippen MR) is 581 cm³/mol. The summed E-state index contributed by atoms with van der Waals surface area (Å²) >= 11 is 0. The number of nitrogens with one attached hydrogen (secondary N) is 4. The Kier molecular flexibility index (Phi) is 36.9. The number of likely N-dealkylation sites (N-methyl/N-ethyl adjacent to an activating group) is 2. The maximum absolute atomic E-state index is 12.9. The molecular formula is C114H146N22O11. The summed E-state index contributed by atoms with van der Waals surface area (Å²) in [5.74, 6) is 6.24. The lowest BCUT2D eigenvalue weighted by Crippen LogP contribution is -2.44. The SMILES string of the molecule is CC(C)Oc1ccc(NC(=O)N2CCC(c3ncnc4cc(N(C)C)ccc34)CC2)cc1.CC(C)Oc1ccc(NC(=O)N2CCC(c3ncnc4cc(N5CCN(C)CC5)ccc34)CC2)cc1.CC(C)Oc1ccc(NC(=O)N2CCC(c3ncnc4cc(OCCCN5CCN(C)CC5)ccc34)CC2)cc1.CC(C)Oc1ccc(NC(=O)N2CCC(c3ncnc4ccc(OCCCN5CCCC5=O)cc34)CC2)cc1. The molecule has 8 aromatic carbocycles. The summed E-state index contributed by atoms with van der Waals surface area (Å²) in [5.41, 5.74) is 13.4. The molecule has 0 bridgehead atoms. The average molecular weight is 2000 g/mol. The number of likely N-dealkylation sites (tertiary alicyclic amines) is 5. The van der Waals surface area contributed by atoms with Crippen LogP contribution in [0.25, 0.3) is 43.6 Å². The molecule has 7 fully saturated rings. The Hall–Kier alpha value is -14.1.